The number of esters is 1. The van der Waals surface area contributed by atoms with Gasteiger partial charge in [0.05, 0.1) is 12.8 Å². The van der Waals surface area contributed by atoms with Crippen LogP contribution in [0.3, 0.4) is 0 Å². The molecule has 3 aromatic carbocycles. The molecule has 1 amide bonds. The van der Waals surface area contributed by atoms with Crippen LogP contribution in [0.4, 0.5) is 5.69 Å². The third kappa shape index (κ3) is 2.31. The van der Waals surface area contributed by atoms with Crippen LogP contribution in [-0.4, -0.2) is 19.0 Å². The number of hydrogen-bond acceptors (Lipinski definition) is 3. The molecule has 3 rings (SSSR count). The van der Waals surface area contributed by atoms with Crippen molar-refractivity contribution in [3.63, 3.8) is 0 Å². The zero-order valence-electron chi connectivity index (χ0n) is 11.4. The van der Waals surface area contributed by atoms with E-state index in [9.17, 15) is 9.59 Å². The van der Waals surface area contributed by atoms with Crippen LogP contribution in [0.5, 0.6) is 0 Å². The Bertz CT molecular complexity index is 801. The number of anilines is 1. The molecule has 1 N–H and O–H groups in total. The topological polar surface area (TPSA) is 55.4 Å². The summed E-state index contributed by atoms with van der Waals surface area (Å²) < 4.78 is 4.46. The number of methoxy groups -OCH3 is 1. The summed E-state index contributed by atoms with van der Waals surface area (Å²) in [6.07, 6.45) is 0. The molecule has 4 nitrogen and oxygen atoms in total. The summed E-state index contributed by atoms with van der Waals surface area (Å²) in [5.41, 5.74) is 0.624. The van der Waals surface area contributed by atoms with E-state index in [-0.39, 0.29) is 0 Å². The molecule has 0 fully saturated rings. The van der Waals surface area contributed by atoms with Gasteiger partial charge in [-0.25, -0.2) is 4.79 Å². The van der Waals surface area contributed by atoms with Crippen molar-refractivity contribution in [2.75, 3.05) is 12.4 Å². The van der Waals surface area contributed by atoms with E-state index in [1.54, 1.807) is 0 Å². The van der Waals surface area contributed by atoms with Gasteiger partial charge < -0.3 is 10.1 Å². The van der Waals surface area contributed by atoms with Crippen molar-refractivity contribution in [1.82, 2.24) is 0 Å². The Morgan fingerprint density at radius 3 is 1.95 bits per heavy atom. The number of carbonyl (C=O) groups is 2. The molecule has 0 atom stereocenters. The van der Waals surface area contributed by atoms with E-state index in [4.69, 9.17) is 0 Å². The van der Waals surface area contributed by atoms with Crippen LogP contribution < -0.4 is 5.32 Å². The average molecular weight is 279 g/mol. The quantitative estimate of drug-likeness (QED) is 0.423. The Morgan fingerprint density at radius 2 is 1.43 bits per heavy atom. The summed E-state index contributed by atoms with van der Waals surface area (Å²) in [6.45, 7) is 0. The lowest BCUT2D eigenvalue weighted by atomic mass is 10.0. The zero-order chi connectivity index (χ0) is 14.8. The van der Waals surface area contributed by atoms with E-state index in [2.05, 4.69) is 16.1 Å². The minimum Gasteiger partial charge on any atom is -0.462 e. The fourth-order valence-electron chi connectivity index (χ4n) is 2.41. The molecule has 3 aromatic rings. The number of ether oxygens (including phenoxy) is 1. The third-order valence-corrected chi connectivity index (χ3v) is 3.38. The van der Waals surface area contributed by atoms with E-state index in [1.807, 2.05) is 48.5 Å². The maximum Gasteiger partial charge on any atom is 0.396 e. The summed E-state index contributed by atoms with van der Waals surface area (Å²) >= 11 is 0. The highest BCUT2D eigenvalue weighted by Gasteiger charge is 2.16. The van der Waals surface area contributed by atoms with E-state index in [0.29, 0.717) is 5.69 Å². The first kappa shape index (κ1) is 13.1. The molecule has 0 aliphatic heterocycles. The molecular formula is C17H13NO3. The number of carbonyl (C=O) groups excluding carboxylic acids is 2. The Kier molecular flexibility index (Phi) is 3.28. The van der Waals surface area contributed by atoms with E-state index in [1.165, 1.54) is 7.11 Å². The van der Waals surface area contributed by atoms with Gasteiger partial charge in [0, 0.05) is 10.8 Å². The molecule has 104 valence electrons. The minimum absolute atomic E-state index is 0.624. The number of nitrogens with one attached hydrogen (secondary N) is 1. The van der Waals surface area contributed by atoms with E-state index >= 15 is 0 Å². The number of hydrogen-bond donors (Lipinski definition) is 1. The van der Waals surface area contributed by atoms with Crippen LogP contribution in [0.1, 0.15) is 0 Å². The molecule has 4 heteroatoms. The van der Waals surface area contributed by atoms with Crippen LogP contribution in [0.25, 0.3) is 21.5 Å². The van der Waals surface area contributed by atoms with E-state index < -0.39 is 11.9 Å². The minimum atomic E-state index is -0.910. The third-order valence-electron chi connectivity index (χ3n) is 3.38. The number of amides is 1. The molecule has 0 unspecified atom stereocenters. The zero-order valence-corrected chi connectivity index (χ0v) is 11.4. The van der Waals surface area contributed by atoms with Gasteiger partial charge in [-0.1, -0.05) is 48.5 Å². The van der Waals surface area contributed by atoms with Crippen molar-refractivity contribution in [3.05, 3.63) is 54.6 Å². The maximum atomic E-state index is 11.8. The molecule has 0 saturated carbocycles. The summed E-state index contributed by atoms with van der Waals surface area (Å²) in [4.78, 5) is 23.2. The van der Waals surface area contributed by atoms with Crippen LogP contribution in [0, 0.1) is 0 Å². The first-order chi connectivity index (χ1) is 10.2. The van der Waals surface area contributed by atoms with Crippen LogP contribution in [-0.2, 0) is 14.3 Å². The molecule has 0 heterocycles. The lowest BCUT2D eigenvalue weighted by molar-refractivity contribution is -0.150. The smallest absolute Gasteiger partial charge is 0.396 e. The van der Waals surface area contributed by atoms with E-state index in [0.717, 1.165) is 21.5 Å². The Morgan fingerprint density at radius 1 is 0.905 bits per heavy atom. The molecule has 0 radical (unpaired) electrons. The molecule has 21 heavy (non-hydrogen) atoms. The van der Waals surface area contributed by atoms with Crippen molar-refractivity contribution in [3.8, 4) is 0 Å². The second-order valence-corrected chi connectivity index (χ2v) is 4.64. The average Bonchev–Trinajstić information content (AvgIpc) is 2.53. The van der Waals surface area contributed by atoms with Gasteiger partial charge in [-0.3, -0.25) is 4.79 Å². The van der Waals surface area contributed by atoms with Gasteiger partial charge in [0.2, 0.25) is 0 Å². The van der Waals surface area contributed by atoms with Crippen molar-refractivity contribution in [2.24, 2.45) is 0 Å². The van der Waals surface area contributed by atoms with Crippen molar-refractivity contribution >= 4 is 39.1 Å². The van der Waals surface area contributed by atoms with Crippen LogP contribution in [0.15, 0.2) is 54.6 Å². The van der Waals surface area contributed by atoms with Crippen molar-refractivity contribution in [2.45, 2.75) is 0 Å². The number of rotatable bonds is 1. The Balaban J connectivity index is 2.25. The first-order valence-electron chi connectivity index (χ1n) is 6.50. The second-order valence-electron chi connectivity index (χ2n) is 4.64. The lowest BCUT2D eigenvalue weighted by Crippen LogP contribution is -2.24. The molecule has 0 bridgehead atoms. The largest absolute Gasteiger partial charge is 0.462 e. The van der Waals surface area contributed by atoms with Gasteiger partial charge in [-0.15, -0.1) is 0 Å². The fourth-order valence-corrected chi connectivity index (χ4v) is 2.41. The van der Waals surface area contributed by atoms with Gasteiger partial charge in [-0.05, 0) is 16.8 Å². The molecule has 0 aliphatic rings. The van der Waals surface area contributed by atoms with Gasteiger partial charge in [0.15, 0.2) is 0 Å². The van der Waals surface area contributed by atoms with Crippen LogP contribution >= 0.6 is 0 Å². The molecular weight excluding hydrogens is 266 g/mol. The predicted octanol–water partition coefficient (Wildman–Crippen LogP) is 3.10. The monoisotopic (exact) mass is 279 g/mol. The Labute approximate surface area is 121 Å². The normalized spacial score (nSPS) is 10.5. The molecule has 0 aromatic heterocycles. The standard InChI is InChI=1S/C17H13NO3/c1-21-17(20)16(19)18-15-13-8-4-2-6-11(13)10-12-7-3-5-9-14(12)15/h2-10H,1H3,(H,18,19). The van der Waals surface area contributed by atoms with Gasteiger partial charge in [0.25, 0.3) is 0 Å². The SMILES string of the molecule is COC(=O)C(=O)Nc1c2ccccc2cc2ccccc12. The highest BCUT2D eigenvalue weighted by molar-refractivity contribution is 6.39. The molecule has 0 spiro atoms. The lowest BCUT2D eigenvalue weighted by Gasteiger charge is -2.12. The molecule has 0 aliphatic carbocycles. The number of benzene rings is 3. The second kappa shape index (κ2) is 5.25. The summed E-state index contributed by atoms with van der Waals surface area (Å²) in [5.74, 6) is -1.69. The van der Waals surface area contributed by atoms with Gasteiger partial charge in [-0.2, -0.15) is 0 Å². The summed E-state index contributed by atoms with van der Waals surface area (Å²) in [6, 6.07) is 17.5. The van der Waals surface area contributed by atoms with Crippen molar-refractivity contribution < 1.29 is 14.3 Å². The van der Waals surface area contributed by atoms with Crippen LogP contribution in [0.2, 0.25) is 0 Å². The highest BCUT2D eigenvalue weighted by Crippen LogP contribution is 2.32. The Hall–Kier alpha value is -2.88. The molecule has 0 saturated heterocycles. The fraction of sp³-hybridized carbons (Fsp3) is 0.0588. The summed E-state index contributed by atoms with van der Waals surface area (Å²) in [5, 5.41) is 6.42. The number of fused-ring (bicyclic) bond motifs is 2. The van der Waals surface area contributed by atoms with Gasteiger partial charge >= 0.3 is 11.9 Å². The highest BCUT2D eigenvalue weighted by atomic mass is 16.5. The summed E-state index contributed by atoms with van der Waals surface area (Å²) in [7, 11) is 1.18. The first-order valence-corrected chi connectivity index (χ1v) is 6.50. The predicted molar refractivity (Wildman–Crippen MR) is 82.1 cm³/mol. The van der Waals surface area contributed by atoms with Gasteiger partial charge in [0.1, 0.15) is 0 Å². The maximum absolute atomic E-state index is 11.8. The van der Waals surface area contributed by atoms with Crippen molar-refractivity contribution in [1.29, 1.82) is 0 Å².